The number of hydrogen-bond acceptors (Lipinski definition) is 2. The molecule has 2 unspecified atom stereocenters. The number of carboxylic acids is 1. The Morgan fingerprint density at radius 2 is 2.19 bits per heavy atom. The summed E-state index contributed by atoms with van der Waals surface area (Å²) in [4.78, 5) is 11.0. The van der Waals surface area contributed by atoms with Gasteiger partial charge in [0.05, 0.1) is 5.92 Å². The molecule has 94 valence electrons. The van der Waals surface area contributed by atoms with Gasteiger partial charge in [-0.15, -0.1) is 0 Å². The number of rotatable bonds is 7. The first kappa shape index (κ1) is 13.5. The predicted molar refractivity (Wildman–Crippen MR) is 65.4 cm³/mol. The molecule has 1 fully saturated rings. The summed E-state index contributed by atoms with van der Waals surface area (Å²) < 4.78 is 0. The van der Waals surface area contributed by atoms with Crippen molar-refractivity contribution in [2.45, 2.75) is 46.0 Å². The Hall–Kier alpha value is -0.570. The van der Waals surface area contributed by atoms with Crippen molar-refractivity contribution in [1.29, 1.82) is 0 Å². The average molecular weight is 227 g/mol. The second kappa shape index (κ2) is 6.89. The summed E-state index contributed by atoms with van der Waals surface area (Å²) in [6.07, 6.45) is 5.47. The van der Waals surface area contributed by atoms with Crippen molar-refractivity contribution in [2.24, 2.45) is 17.8 Å². The van der Waals surface area contributed by atoms with Crippen LogP contribution < -0.4 is 5.32 Å². The molecule has 0 aliphatic heterocycles. The van der Waals surface area contributed by atoms with E-state index in [1.165, 1.54) is 12.8 Å². The quantitative estimate of drug-likeness (QED) is 0.657. The molecule has 0 saturated heterocycles. The van der Waals surface area contributed by atoms with Gasteiger partial charge in [-0.2, -0.15) is 0 Å². The zero-order chi connectivity index (χ0) is 12.0. The maximum Gasteiger partial charge on any atom is 0.306 e. The van der Waals surface area contributed by atoms with Crippen LogP contribution in [-0.2, 0) is 4.79 Å². The number of nitrogens with one attached hydrogen (secondary N) is 1. The zero-order valence-electron chi connectivity index (χ0n) is 10.5. The summed E-state index contributed by atoms with van der Waals surface area (Å²) in [5, 5.41) is 12.4. The smallest absolute Gasteiger partial charge is 0.306 e. The Labute approximate surface area is 98.6 Å². The maximum absolute atomic E-state index is 11.0. The molecule has 3 heteroatoms. The number of hydrogen-bond donors (Lipinski definition) is 2. The normalized spacial score (nSPS) is 25.2. The van der Waals surface area contributed by atoms with Gasteiger partial charge in [0.2, 0.25) is 0 Å². The van der Waals surface area contributed by atoms with Crippen LogP contribution in [0.1, 0.15) is 46.0 Å². The largest absolute Gasteiger partial charge is 0.481 e. The standard InChI is InChI=1S/C13H25NO2/c1-10(2)5-4-8-14-9-11-6-3-7-12(11)13(15)16/h10-12,14H,3-9H2,1-2H3,(H,15,16). The van der Waals surface area contributed by atoms with E-state index in [-0.39, 0.29) is 5.92 Å². The van der Waals surface area contributed by atoms with E-state index in [0.717, 1.165) is 38.3 Å². The molecular weight excluding hydrogens is 202 g/mol. The van der Waals surface area contributed by atoms with Crippen LogP contribution in [0.5, 0.6) is 0 Å². The Kier molecular flexibility index (Phi) is 5.81. The minimum atomic E-state index is -0.605. The third kappa shape index (κ3) is 4.52. The van der Waals surface area contributed by atoms with Gasteiger partial charge in [-0.25, -0.2) is 0 Å². The molecule has 16 heavy (non-hydrogen) atoms. The molecule has 0 aromatic rings. The highest BCUT2D eigenvalue weighted by Crippen LogP contribution is 2.31. The van der Waals surface area contributed by atoms with Crippen molar-refractivity contribution in [3.8, 4) is 0 Å². The lowest BCUT2D eigenvalue weighted by Gasteiger charge is -2.16. The molecular formula is C13H25NO2. The van der Waals surface area contributed by atoms with E-state index in [9.17, 15) is 4.79 Å². The fourth-order valence-electron chi connectivity index (χ4n) is 2.53. The van der Waals surface area contributed by atoms with Gasteiger partial charge in [0.1, 0.15) is 0 Å². The first-order chi connectivity index (χ1) is 7.61. The van der Waals surface area contributed by atoms with E-state index >= 15 is 0 Å². The van der Waals surface area contributed by atoms with Crippen LogP contribution in [0.4, 0.5) is 0 Å². The first-order valence-corrected chi connectivity index (χ1v) is 6.54. The molecule has 2 N–H and O–H groups in total. The summed E-state index contributed by atoms with van der Waals surface area (Å²) in [7, 11) is 0. The van der Waals surface area contributed by atoms with E-state index in [4.69, 9.17) is 5.11 Å². The fourth-order valence-corrected chi connectivity index (χ4v) is 2.53. The Balaban J connectivity index is 2.10. The van der Waals surface area contributed by atoms with Crippen molar-refractivity contribution in [2.75, 3.05) is 13.1 Å². The van der Waals surface area contributed by atoms with Crippen molar-refractivity contribution in [3.63, 3.8) is 0 Å². The highest BCUT2D eigenvalue weighted by atomic mass is 16.4. The number of aliphatic carboxylic acids is 1. The first-order valence-electron chi connectivity index (χ1n) is 6.54. The van der Waals surface area contributed by atoms with E-state index in [1.54, 1.807) is 0 Å². The molecule has 1 rings (SSSR count). The summed E-state index contributed by atoms with van der Waals surface area (Å²) in [5.74, 6) is 0.417. The van der Waals surface area contributed by atoms with E-state index in [1.807, 2.05) is 0 Å². The highest BCUT2D eigenvalue weighted by Gasteiger charge is 2.32. The molecule has 2 atom stereocenters. The van der Waals surface area contributed by atoms with Crippen LogP contribution in [0.3, 0.4) is 0 Å². The lowest BCUT2D eigenvalue weighted by atomic mass is 9.96. The van der Waals surface area contributed by atoms with Gasteiger partial charge in [0.25, 0.3) is 0 Å². The molecule has 0 heterocycles. The molecule has 0 bridgehead atoms. The second-order valence-electron chi connectivity index (χ2n) is 5.38. The Morgan fingerprint density at radius 3 is 2.81 bits per heavy atom. The van der Waals surface area contributed by atoms with E-state index < -0.39 is 5.97 Å². The summed E-state index contributed by atoms with van der Waals surface area (Å²) in [5.41, 5.74) is 0. The molecule has 0 spiro atoms. The lowest BCUT2D eigenvalue weighted by Crippen LogP contribution is -2.29. The Bertz CT molecular complexity index is 216. The summed E-state index contributed by atoms with van der Waals surface area (Å²) in [6.45, 7) is 6.38. The molecule has 0 amide bonds. The van der Waals surface area contributed by atoms with Crippen molar-refractivity contribution >= 4 is 5.97 Å². The molecule has 0 aromatic carbocycles. The highest BCUT2D eigenvalue weighted by molar-refractivity contribution is 5.70. The van der Waals surface area contributed by atoms with Crippen LogP contribution in [-0.4, -0.2) is 24.2 Å². The molecule has 1 aliphatic rings. The van der Waals surface area contributed by atoms with Crippen LogP contribution in [0.25, 0.3) is 0 Å². The third-order valence-electron chi connectivity index (χ3n) is 3.52. The molecule has 1 saturated carbocycles. The van der Waals surface area contributed by atoms with E-state index in [0.29, 0.717) is 5.92 Å². The van der Waals surface area contributed by atoms with Gasteiger partial charge in [-0.1, -0.05) is 20.3 Å². The number of carbonyl (C=O) groups is 1. The molecule has 0 aromatic heterocycles. The minimum absolute atomic E-state index is 0.0994. The molecule has 3 nitrogen and oxygen atoms in total. The Morgan fingerprint density at radius 1 is 1.44 bits per heavy atom. The minimum Gasteiger partial charge on any atom is -0.481 e. The zero-order valence-corrected chi connectivity index (χ0v) is 10.5. The maximum atomic E-state index is 11.0. The van der Waals surface area contributed by atoms with Gasteiger partial charge < -0.3 is 10.4 Å². The SMILES string of the molecule is CC(C)CCCNCC1CCCC1C(=O)O. The van der Waals surface area contributed by atoms with Crippen LogP contribution in [0.15, 0.2) is 0 Å². The van der Waals surface area contributed by atoms with Gasteiger partial charge in [0, 0.05) is 0 Å². The summed E-state index contributed by atoms with van der Waals surface area (Å²) >= 11 is 0. The van der Waals surface area contributed by atoms with E-state index in [2.05, 4.69) is 19.2 Å². The average Bonchev–Trinajstić information content (AvgIpc) is 2.65. The second-order valence-corrected chi connectivity index (χ2v) is 5.38. The van der Waals surface area contributed by atoms with Crippen molar-refractivity contribution in [1.82, 2.24) is 5.32 Å². The van der Waals surface area contributed by atoms with Gasteiger partial charge in [-0.3, -0.25) is 4.79 Å². The lowest BCUT2D eigenvalue weighted by molar-refractivity contribution is -0.142. The van der Waals surface area contributed by atoms with Crippen molar-refractivity contribution in [3.05, 3.63) is 0 Å². The predicted octanol–water partition coefficient (Wildman–Crippen LogP) is 2.51. The van der Waals surface area contributed by atoms with Crippen LogP contribution in [0, 0.1) is 17.8 Å². The molecule has 1 aliphatic carbocycles. The summed E-state index contributed by atoms with van der Waals surface area (Å²) in [6, 6.07) is 0. The fraction of sp³-hybridized carbons (Fsp3) is 0.923. The number of carboxylic acid groups (broad SMARTS) is 1. The van der Waals surface area contributed by atoms with Gasteiger partial charge in [-0.05, 0) is 50.6 Å². The topological polar surface area (TPSA) is 49.3 Å². The van der Waals surface area contributed by atoms with Crippen LogP contribution in [0.2, 0.25) is 0 Å². The van der Waals surface area contributed by atoms with Gasteiger partial charge in [0.15, 0.2) is 0 Å². The van der Waals surface area contributed by atoms with Crippen LogP contribution >= 0.6 is 0 Å². The van der Waals surface area contributed by atoms with Crippen molar-refractivity contribution < 1.29 is 9.90 Å². The van der Waals surface area contributed by atoms with Gasteiger partial charge >= 0.3 is 5.97 Å². The third-order valence-corrected chi connectivity index (χ3v) is 3.52. The molecule has 0 radical (unpaired) electrons. The monoisotopic (exact) mass is 227 g/mol.